The van der Waals surface area contributed by atoms with E-state index in [4.69, 9.17) is 5.11 Å². The van der Waals surface area contributed by atoms with Crippen molar-refractivity contribution in [2.75, 3.05) is 6.54 Å². The molecule has 96 valence electrons. The van der Waals surface area contributed by atoms with E-state index in [1.165, 1.54) is 6.07 Å². The number of hydrogen-bond acceptors (Lipinski definition) is 2. The quantitative estimate of drug-likeness (QED) is 0.856. The van der Waals surface area contributed by atoms with Gasteiger partial charge in [0, 0.05) is 6.54 Å². The van der Waals surface area contributed by atoms with Crippen LogP contribution in [-0.2, 0) is 12.7 Å². The van der Waals surface area contributed by atoms with Gasteiger partial charge >= 0.3 is 6.18 Å². The van der Waals surface area contributed by atoms with Crippen LogP contribution >= 0.6 is 0 Å². The third kappa shape index (κ3) is 4.26. The Morgan fingerprint density at radius 3 is 2.47 bits per heavy atom. The van der Waals surface area contributed by atoms with Crippen LogP contribution in [0.1, 0.15) is 25.0 Å². The highest BCUT2D eigenvalue weighted by Crippen LogP contribution is 2.35. The fraction of sp³-hybridized carbons (Fsp3) is 0.500. The molecule has 0 saturated heterocycles. The van der Waals surface area contributed by atoms with Crippen LogP contribution in [-0.4, -0.2) is 11.7 Å². The molecule has 0 bridgehead atoms. The first-order valence-electron chi connectivity index (χ1n) is 5.40. The zero-order valence-electron chi connectivity index (χ0n) is 9.80. The Morgan fingerprint density at radius 2 is 1.94 bits per heavy atom. The molecular formula is C12H16F3NO. The minimum Gasteiger partial charge on any atom is -0.507 e. The van der Waals surface area contributed by atoms with Crippen molar-refractivity contribution < 1.29 is 18.3 Å². The van der Waals surface area contributed by atoms with E-state index in [1.807, 2.05) is 13.8 Å². The SMILES string of the molecule is CC(C)CNCc1ccc(O)c(C(F)(F)F)c1. The van der Waals surface area contributed by atoms with Gasteiger partial charge in [-0.2, -0.15) is 13.2 Å². The molecule has 0 aliphatic heterocycles. The Kier molecular flexibility index (Phi) is 4.40. The van der Waals surface area contributed by atoms with Crippen molar-refractivity contribution >= 4 is 0 Å². The van der Waals surface area contributed by atoms with Crippen molar-refractivity contribution in [1.29, 1.82) is 0 Å². The van der Waals surface area contributed by atoms with Crippen molar-refractivity contribution in [3.63, 3.8) is 0 Å². The highest BCUT2D eigenvalue weighted by molar-refractivity contribution is 5.38. The molecule has 0 aliphatic rings. The third-order valence-corrected chi connectivity index (χ3v) is 2.25. The van der Waals surface area contributed by atoms with E-state index in [9.17, 15) is 13.2 Å². The average Bonchev–Trinajstić information content (AvgIpc) is 2.18. The summed E-state index contributed by atoms with van der Waals surface area (Å²) in [6.07, 6.45) is -4.52. The lowest BCUT2D eigenvalue weighted by molar-refractivity contribution is -0.138. The Hall–Kier alpha value is -1.23. The molecule has 2 N–H and O–H groups in total. The van der Waals surface area contributed by atoms with Gasteiger partial charge in [0.2, 0.25) is 0 Å². The number of phenolic OH excluding ortho intramolecular Hbond substituents is 1. The van der Waals surface area contributed by atoms with E-state index < -0.39 is 17.5 Å². The van der Waals surface area contributed by atoms with Gasteiger partial charge in [-0.25, -0.2) is 0 Å². The van der Waals surface area contributed by atoms with Crippen LogP contribution in [0.3, 0.4) is 0 Å². The highest BCUT2D eigenvalue weighted by Gasteiger charge is 2.33. The number of nitrogens with one attached hydrogen (secondary N) is 1. The van der Waals surface area contributed by atoms with Crippen LogP contribution in [0.4, 0.5) is 13.2 Å². The first-order chi connectivity index (χ1) is 7.80. The predicted octanol–water partition coefficient (Wildman–Crippen LogP) is 3.16. The van der Waals surface area contributed by atoms with Crippen molar-refractivity contribution in [2.45, 2.75) is 26.6 Å². The summed E-state index contributed by atoms with van der Waals surface area (Å²) in [7, 11) is 0. The second kappa shape index (κ2) is 5.40. The summed E-state index contributed by atoms with van der Waals surface area (Å²) in [5, 5.41) is 12.2. The van der Waals surface area contributed by atoms with Crippen LogP contribution in [0.25, 0.3) is 0 Å². The number of halogens is 3. The summed E-state index contributed by atoms with van der Waals surface area (Å²) in [5.41, 5.74) is -0.475. The molecule has 0 unspecified atom stereocenters. The number of phenols is 1. The Balaban J connectivity index is 2.76. The molecule has 0 spiro atoms. The molecule has 0 fully saturated rings. The maximum Gasteiger partial charge on any atom is 0.419 e. The van der Waals surface area contributed by atoms with Gasteiger partial charge in [-0.3, -0.25) is 0 Å². The van der Waals surface area contributed by atoms with E-state index in [-0.39, 0.29) is 0 Å². The summed E-state index contributed by atoms with van der Waals surface area (Å²) in [4.78, 5) is 0. The van der Waals surface area contributed by atoms with Gasteiger partial charge in [-0.15, -0.1) is 0 Å². The van der Waals surface area contributed by atoms with Crippen LogP contribution in [0.15, 0.2) is 18.2 Å². The molecule has 1 aromatic rings. The summed E-state index contributed by atoms with van der Waals surface area (Å²) in [5.74, 6) is -0.292. The van der Waals surface area contributed by atoms with E-state index in [1.54, 1.807) is 0 Å². The van der Waals surface area contributed by atoms with Crippen LogP contribution in [0, 0.1) is 5.92 Å². The average molecular weight is 247 g/mol. The number of rotatable bonds is 4. The van der Waals surface area contributed by atoms with Crippen LogP contribution in [0.2, 0.25) is 0 Å². The standard InChI is InChI=1S/C12H16F3NO/c1-8(2)6-16-7-9-3-4-11(17)10(5-9)12(13,14)15/h3-5,8,16-17H,6-7H2,1-2H3. The molecule has 0 saturated carbocycles. The first kappa shape index (κ1) is 13.8. The lowest BCUT2D eigenvalue weighted by atomic mass is 10.1. The smallest absolute Gasteiger partial charge is 0.419 e. The predicted molar refractivity (Wildman–Crippen MR) is 59.7 cm³/mol. The number of hydrogen-bond donors (Lipinski definition) is 2. The molecule has 0 radical (unpaired) electrons. The molecule has 2 nitrogen and oxygen atoms in total. The maximum atomic E-state index is 12.5. The minimum absolute atomic E-state index is 0.363. The molecule has 0 aromatic heterocycles. The van der Waals surface area contributed by atoms with Gasteiger partial charge in [0.25, 0.3) is 0 Å². The molecule has 0 heterocycles. The van der Waals surface area contributed by atoms with Crippen molar-refractivity contribution in [3.05, 3.63) is 29.3 Å². The van der Waals surface area contributed by atoms with Gasteiger partial charge < -0.3 is 10.4 Å². The third-order valence-electron chi connectivity index (χ3n) is 2.25. The van der Waals surface area contributed by atoms with Crippen LogP contribution < -0.4 is 5.32 Å². The second-order valence-corrected chi connectivity index (χ2v) is 4.37. The van der Waals surface area contributed by atoms with Crippen molar-refractivity contribution in [1.82, 2.24) is 5.32 Å². The Labute approximate surface area is 98.5 Å². The van der Waals surface area contributed by atoms with Crippen molar-refractivity contribution in [3.8, 4) is 5.75 Å². The molecule has 17 heavy (non-hydrogen) atoms. The minimum atomic E-state index is -4.52. The van der Waals surface area contributed by atoms with Crippen molar-refractivity contribution in [2.24, 2.45) is 5.92 Å². The normalized spacial score (nSPS) is 12.1. The molecule has 0 aliphatic carbocycles. The maximum absolute atomic E-state index is 12.5. The first-order valence-corrected chi connectivity index (χ1v) is 5.40. The van der Waals surface area contributed by atoms with Gasteiger partial charge in [0.1, 0.15) is 5.75 Å². The topological polar surface area (TPSA) is 32.3 Å². The van der Waals surface area contributed by atoms with E-state index in [0.29, 0.717) is 18.0 Å². The second-order valence-electron chi connectivity index (χ2n) is 4.37. The van der Waals surface area contributed by atoms with Gasteiger partial charge in [-0.05, 0) is 30.2 Å². The summed E-state index contributed by atoms with van der Waals surface area (Å²) < 4.78 is 37.5. The summed E-state index contributed by atoms with van der Waals surface area (Å²) in [6.45, 7) is 5.14. The van der Waals surface area contributed by atoms with Crippen LogP contribution in [0.5, 0.6) is 5.75 Å². The fourth-order valence-corrected chi connectivity index (χ4v) is 1.43. The molecule has 5 heteroatoms. The van der Waals surface area contributed by atoms with E-state index in [0.717, 1.165) is 18.7 Å². The fourth-order valence-electron chi connectivity index (χ4n) is 1.43. The summed E-state index contributed by atoms with van der Waals surface area (Å²) in [6, 6.07) is 3.54. The number of benzene rings is 1. The van der Waals surface area contributed by atoms with Gasteiger partial charge in [0.05, 0.1) is 5.56 Å². The zero-order valence-corrected chi connectivity index (χ0v) is 9.80. The number of aromatic hydroxyl groups is 1. The number of alkyl halides is 3. The molecule has 1 aromatic carbocycles. The highest BCUT2D eigenvalue weighted by atomic mass is 19.4. The van der Waals surface area contributed by atoms with Gasteiger partial charge in [0.15, 0.2) is 0 Å². The zero-order chi connectivity index (χ0) is 13.1. The summed E-state index contributed by atoms with van der Waals surface area (Å²) >= 11 is 0. The molecule has 0 atom stereocenters. The van der Waals surface area contributed by atoms with E-state index in [2.05, 4.69) is 5.32 Å². The lowest BCUT2D eigenvalue weighted by Gasteiger charge is -2.12. The van der Waals surface area contributed by atoms with Gasteiger partial charge in [-0.1, -0.05) is 19.9 Å². The molecular weight excluding hydrogens is 231 g/mol. The largest absolute Gasteiger partial charge is 0.507 e. The monoisotopic (exact) mass is 247 g/mol. The van der Waals surface area contributed by atoms with E-state index >= 15 is 0 Å². The Bertz CT molecular complexity index is 375. The molecule has 1 rings (SSSR count). The lowest BCUT2D eigenvalue weighted by Crippen LogP contribution is -2.19. The molecule has 0 amide bonds. The Morgan fingerprint density at radius 1 is 1.29 bits per heavy atom.